The fourth-order valence-corrected chi connectivity index (χ4v) is 4.18. The first-order chi connectivity index (χ1) is 15.6. The first-order valence-electron chi connectivity index (χ1n) is 10.5. The second kappa shape index (κ2) is 8.90. The summed E-state index contributed by atoms with van der Waals surface area (Å²) in [5, 5.41) is 5.45. The quantitative estimate of drug-likeness (QED) is 0.679. The lowest BCUT2D eigenvalue weighted by molar-refractivity contribution is -0.160. The average molecular weight is 459 g/mol. The minimum Gasteiger partial charge on any atom is -0.493 e. The number of halogens is 3. The highest BCUT2D eigenvalue weighted by atomic mass is 19.4. The number of fused-ring (bicyclic) bond motifs is 2. The third-order valence-corrected chi connectivity index (χ3v) is 5.89. The fraction of sp³-hybridized carbons (Fsp3) is 0.333. The van der Waals surface area contributed by atoms with Crippen LogP contribution in [-0.4, -0.2) is 49.6 Å². The summed E-state index contributed by atoms with van der Waals surface area (Å²) in [7, 11) is 3.64. The summed E-state index contributed by atoms with van der Waals surface area (Å²) in [5.41, 5.74) is 1.98. The van der Waals surface area contributed by atoms with Gasteiger partial charge in [-0.05, 0) is 56.3 Å². The molecular formula is C24H24F3N3O3. The van der Waals surface area contributed by atoms with Gasteiger partial charge in [-0.25, -0.2) is 0 Å². The molecule has 174 valence electrons. The predicted octanol–water partition coefficient (Wildman–Crippen LogP) is 4.09. The van der Waals surface area contributed by atoms with E-state index in [4.69, 9.17) is 4.74 Å². The number of benzene rings is 2. The van der Waals surface area contributed by atoms with Gasteiger partial charge in [0, 0.05) is 23.0 Å². The van der Waals surface area contributed by atoms with Gasteiger partial charge in [0.25, 0.3) is 0 Å². The van der Waals surface area contributed by atoms with Gasteiger partial charge in [-0.1, -0.05) is 24.3 Å². The van der Waals surface area contributed by atoms with Gasteiger partial charge in [-0.15, -0.1) is 0 Å². The van der Waals surface area contributed by atoms with E-state index in [0.717, 1.165) is 11.6 Å². The van der Waals surface area contributed by atoms with Crippen LogP contribution in [0.5, 0.6) is 5.75 Å². The second-order valence-corrected chi connectivity index (χ2v) is 8.36. The molecule has 2 unspecified atom stereocenters. The molecule has 2 heterocycles. The number of para-hydroxylation sites is 1. The Balaban J connectivity index is 1.61. The van der Waals surface area contributed by atoms with E-state index in [1.165, 1.54) is 6.07 Å². The summed E-state index contributed by atoms with van der Waals surface area (Å²) in [5.74, 6) is -2.35. The fourth-order valence-electron chi connectivity index (χ4n) is 4.18. The van der Waals surface area contributed by atoms with E-state index < -0.39 is 18.0 Å². The lowest BCUT2D eigenvalue weighted by atomic mass is 9.89. The first-order valence-corrected chi connectivity index (χ1v) is 10.5. The topological polar surface area (TPSA) is 70.7 Å². The van der Waals surface area contributed by atoms with Crippen molar-refractivity contribution in [1.29, 1.82) is 0 Å². The molecule has 2 atom stereocenters. The van der Waals surface area contributed by atoms with Crippen LogP contribution in [-0.2, 0) is 16.0 Å². The molecule has 2 aliphatic rings. The summed E-state index contributed by atoms with van der Waals surface area (Å²) < 4.78 is 46.8. The van der Waals surface area contributed by atoms with Crippen molar-refractivity contribution < 1.29 is 27.5 Å². The van der Waals surface area contributed by atoms with Gasteiger partial charge in [0.05, 0.1) is 18.6 Å². The molecule has 9 heteroatoms. The number of ether oxygens (including phenoxy) is 1. The minimum absolute atomic E-state index is 0.0986. The van der Waals surface area contributed by atoms with Crippen LogP contribution in [0.2, 0.25) is 0 Å². The molecule has 0 bridgehead atoms. The van der Waals surface area contributed by atoms with Gasteiger partial charge >= 0.3 is 6.18 Å². The highest BCUT2D eigenvalue weighted by Crippen LogP contribution is 2.44. The Bertz CT molecular complexity index is 1110. The standard InChI is InChI=1S/C24H24F3N3O3/c1-30(2)20-11-14-7-8-15(12-19(14)29-23(20)32)28-22(31)13-17-16-5-3-4-6-21(16)33-10-9-18(17)24(25,26)27/h3-8,12-13,18,20H,9-11H2,1-2H3,(H,28,31)(H,29,32). The lowest BCUT2D eigenvalue weighted by Gasteiger charge is -2.29. The van der Waals surface area contributed by atoms with Crippen molar-refractivity contribution in [2.45, 2.75) is 25.1 Å². The van der Waals surface area contributed by atoms with Crippen LogP contribution < -0.4 is 15.4 Å². The largest absolute Gasteiger partial charge is 0.493 e. The number of allylic oxidation sites excluding steroid dienone is 1. The highest BCUT2D eigenvalue weighted by Gasteiger charge is 2.44. The Kier molecular flexibility index (Phi) is 6.16. The Morgan fingerprint density at radius 2 is 1.97 bits per heavy atom. The third-order valence-electron chi connectivity index (χ3n) is 5.89. The molecule has 4 rings (SSSR count). The number of hydrogen-bond acceptors (Lipinski definition) is 4. The number of nitrogens with one attached hydrogen (secondary N) is 2. The minimum atomic E-state index is -4.52. The molecule has 0 aliphatic carbocycles. The molecule has 2 amide bonds. The van der Waals surface area contributed by atoms with Gasteiger partial charge in [-0.3, -0.25) is 14.5 Å². The van der Waals surface area contributed by atoms with E-state index >= 15 is 0 Å². The second-order valence-electron chi connectivity index (χ2n) is 8.36. The molecule has 0 radical (unpaired) electrons. The number of carbonyl (C=O) groups excluding carboxylic acids is 2. The Labute approximate surface area is 189 Å². The molecular weight excluding hydrogens is 435 g/mol. The number of likely N-dealkylation sites (N-methyl/N-ethyl adjacent to an activating group) is 1. The Morgan fingerprint density at radius 3 is 2.70 bits per heavy atom. The number of rotatable bonds is 3. The predicted molar refractivity (Wildman–Crippen MR) is 119 cm³/mol. The van der Waals surface area contributed by atoms with Crippen LogP contribution in [0.15, 0.2) is 48.5 Å². The third kappa shape index (κ3) is 4.88. The molecule has 2 aromatic rings. The molecule has 0 aromatic heterocycles. The average Bonchev–Trinajstić information content (AvgIpc) is 2.92. The van der Waals surface area contributed by atoms with E-state index in [9.17, 15) is 22.8 Å². The zero-order valence-corrected chi connectivity index (χ0v) is 18.2. The van der Waals surface area contributed by atoms with Crippen LogP contribution >= 0.6 is 0 Å². The Hall–Kier alpha value is -3.33. The molecule has 0 spiro atoms. The number of anilines is 2. The summed E-state index contributed by atoms with van der Waals surface area (Å²) in [6.07, 6.45) is -3.29. The van der Waals surface area contributed by atoms with E-state index in [-0.39, 0.29) is 36.1 Å². The molecule has 6 nitrogen and oxygen atoms in total. The molecule has 0 saturated heterocycles. The van der Waals surface area contributed by atoms with Crippen molar-refractivity contribution >= 4 is 28.8 Å². The zero-order valence-electron chi connectivity index (χ0n) is 18.2. The monoisotopic (exact) mass is 459 g/mol. The SMILES string of the molecule is CN(C)C1Cc2ccc(NC(=O)C=C3c4ccccc4OCCC3C(F)(F)F)cc2NC1=O. The molecule has 0 fully saturated rings. The van der Waals surface area contributed by atoms with Gasteiger partial charge < -0.3 is 15.4 Å². The number of nitrogens with zero attached hydrogens (tertiary/aromatic N) is 1. The molecule has 33 heavy (non-hydrogen) atoms. The van der Waals surface area contributed by atoms with Crippen LogP contribution in [0.3, 0.4) is 0 Å². The van der Waals surface area contributed by atoms with Crippen molar-refractivity contribution in [2.75, 3.05) is 31.3 Å². The van der Waals surface area contributed by atoms with Gasteiger partial charge in [0.15, 0.2) is 0 Å². The molecule has 0 saturated carbocycles. The highest BCUT2D eigenvalue weighted by molar-refractivity contribution is 6.05. The van der Waals surface area contributed by atoms with Gasteiger partial charge in [0.1, 0.15) is 5.75 Å². The van der Waals surface area contributed by atoms with Crippen LogP contribution in [0.4, 0.5) is 24.5 Å². The number of amides is 2. The number of hydrogen-bond donors (Lipinski definition) is 2. The summed E-state index contributed by atoms with van der Waals surface area (Å²) in [6.45, 7) is -0.0986. The molecule has 2 aliphatic heterocycles. The van der Waals surface area contributed by atoms with Crippen molar-refractivity contribution in [2.24, 2.45) is 5.92 Å². The smallest absolute Gasteiger partial charge is 0.395 e. The summed E-state index contributed by atoms with van der Waals surface area (Å²) in [4.78, 5) is 26.9. The number of carbonyl (C=O) groups is 2. The van der Waals surface area contributed by atoms with Crippen LogP contribution in [0, 0.1) is 5.92 Å². The summed E-state index contributed by atoms with van der Waals surface area (Å²) >= 11 is 0. The number of alkyl halides is 3. The van der Waals surface area contributed by atoms with Crippen molar-refractivity contribution in [1.82, 2.24) is 4.90 Å². The molecule has 2 aromatic carbocycles. The van der Waals surface area contributed by atoms with E-state index in [1.54, 1.807) is 36.4 Å². The Morgan fingerprint density at radius 1 is 1.21 bits per heavy atom. The van der Waals surface area contributed by atoms with E-state index in [0.29, 0.717) is 23.5 Å². The van der Waals surface area contributed by atoms with Crippen LogP contribution in [0.25, 0.3) is 5.57 Å². The van der Waals surface area contributed by atoms with E-state index in [1.807, 2.05) is 19.0 Å². The van der Waals surface area contributed by atoms with Crippen LogP contribution in [0.1, 0.15) is 17.5 Å². The molecule has 2 N–H and O–H groups in total. The van der Waals surface area contributed by atoms with Crippen molar-refractivity contribution in [3.63, 3.8) is 0 Å². The maximum absolute atomic E-state index is 13.8. The van der Waals surface area contributed by atoms with E-state index in [2.05, 4.69) is 10.6 Å². The zero-order chi connectivity index (χ0) is 23.8. The maximum atomic E-state index is 13.8. The lowest BCUT2D eigenvalue weighted by Crippen LogP contribution is -2.44. The van der Waals surface area contributed by atoms with Gasteiger partial charge in [0.2, 0.25) is 11.8 Å². The maximum Gasteiger partial charge on any atom is 0.395 e. The summed E-state index contributed by atoms with van der Waals surface area (Å²) in [6, 6.07) is 11.2. The first kappa shape index (κ1) is 22.8. The van der Waals surface area contributed by atoms with Crippen molar-refractivity contribution in [3.05, 3.63) is 59.7 Å². The van der Waals surface area contributed by atoms with Crippen molar-refractivity contribution in [3.8, 4) is 5.75 Å². The normalized spacial score (nSPS) is 21.5. The van der Waals surface area contributed by atoms with Gasteiger partial charge in [-0.2, -0.15) is 13.2 Å².